The predicted molar refractivity (Wildman–Crippen MR) is 89.4 cm³/mol. The van der Waals surface area contributed by atoms with Crippen LogP contribution in [0.4, 0.5) is 4.39 Å². The van der Waals surface area contributed by atoms with Gasteiger partial charge >= 0.3 is 5.97 Å². The van der Waals surface area contributed by atoms with E-state index < -0.39 is 17.8 Å². The van der Waals surface area contributed by atoms with Gasteiger partial charge in [-0.05, 0) is 24.5 Å². The van der Waals surface area contributed by atoms with Crippen molar-refractivity contribution in [1.29, 1.82) is 0 Å². The molecule has 3 rings (SSSR count). The number of carbonyl (C=O) groups excluding carboxylic acids is 1. The van der Waals surface area contributed by atoms with Gasteiger partial charge in [-0.3, -0.25) is 4.79 Å². The molecule has 1 unspecified atom stereocenters. The van der Waals surface area contributed by atoms with Crippen molar-refractivity contribution in [3.05, 3.63) is 41.9 Å². The number of carbonyl (C=O) groups is 2. The molecule has 1 atom stereocenters. The summed E-state index contributed by atoms with van der Waals surface area (Å²) in [5.74, 6) is -0.810. The zero-order valence-corrected chi connectivity index (χ0v) is 14.0. The predicted octanol–water partition coefficient (Wildman–Crippen LogP) is 3.35. The lowest BCUT2D eigenvalue weighted by atomic mass is 9.84. The van der Waals surface area contributed by atoms with Crippen LogP contribution < -0.4 is 4.74 Å². The number of hydrogen-bond acceptors (Lipinski definition) is 3. The van der Waals surface area contributed by atoms with Gasteiger partial charge in [0.05, 0.1) is 6.54 Å². The summed E-state index contributed by atoms with van der Waals surface area (Å²) in [6, 6.07) is 4.79. The highest BCUT2D eigenvalue weighted by atomic mass is 19.1. The fourth-order valence-corrected chi connectivity index (χ4v) is 3.62. The van der Waals surface area contributed by atoms with Gasteiger partial charge in [0, 0.05) is 12.1 Å². The minimum Gasteiger partial charge on any atom is -0.480 e. The molecule has 0 bridgehead atoms. The second-order valence-electron chi connectivity index (χ2n) is 6.73. The summed E-state index contributed by atoms with van der Waals surface area (Å²) >= 11 is 0. The Kier molecular flexibility index (Phi) is 5.36. The minimum atomic E-state index is -0.987. The Balaban J connectivity index is 1.65. The van der Waals surface area contributed by atoms with Gasteiger partial charge in [0.1, 0.15) is 23.4 Å². The first-order valence-corrected chi connectivity index (χ1v) is 8.70. The van der Waals surface area contributed by atoms with Crippen LogP contribution in [-0.4, -0.2) is 34.5 Å². The van der Waals surface area contributed by atoms with Crippen molar-refractivity contribution in [3.63, 3.8) is 0 Å². The van der Waals surface area contributed by atoms with Crippen molar-refractivity contribution < 1.29 is 23.8 Å². The molecule has 0 radical (unpaired) electrons. The van der Waals surface area contributed by atoms with Crippen molar-refractivity contribution in [2.24, 2.45) is 5.92 Å². The van der Waals surface area contributed by atoms with Crippen molar-refractivity contribution in [2.45, 2.75) is 44.6 Å². The molecular formula is C19H22FNO4. The van der Waals surface area contributed by atoms with Crippen LogP contribution in [0.5, 0.6) is 5.75 Å². The first-order valence-electron chi connectivity index (χ1n) is 8.70. The maximum absolute atomic E-state index is 13.2. The largest absolute Gasteiger partial charge is 0.480 e. The van der Waals surface area contributed by atoms with E-state index in [2.05, 4.69) is 0 Å². The summed E-state index contributed by atoms with van der Waals surface area (Å²) in [6.07, 6.45) is 7.25. The van der Waals surface area contributed by atoms with Crippen LogP contribution in [0.3, 0.4) is 0 Å². The standard InChI is InChI=1S/C19H22FNO4/c20-14-7-4-8-15(10-14)25-16-11-18(22)21(12-16)17(19(23)24)9-13-5-2-1-3-6-13/h4,7-8,10-11,13,17H,1-3,5-6,9,12H2,(H,23,24). The van der Waals surface area contributed by atoms with E-state index in [4.69, 9.17) is 4.74 Å². The number of ether oxygens (including phenoxy) is 1. The summed E-state index contributed by atoms with van der Waals surface area (Å²) in [4.78, 5) is 25.3. The van der Waals surface area contributed by atoms with E-state index in [9.17, 15) is 19.1 Å². The monoisotopic (exact) mass is 347 g/mol. The fraction of sp³-hybridized carbons (Fsp3) is 0.474. The minimum absolute atomic E-state index is 0.0963. The maximum Gasteiger partial charge on any atom is 0.326 e. The average molecular weight is 347 g/mol. The van der Waals surface area contributed by atoms with Gasteiger partial charge in [-0.25, -0.2) is 9.18 Å². The molecule has 5 nitrogen and oxygen atoms in total. The lowest BCUT2D eigenvalue weighted by molar-refractivity contribution is -0.148. The first-order chi connectivity index (χ1) is 12.0. The third-order valence-corrected chi connectivity index (χ3v) is 4.88. The molecule has 134 valence electrons. The number of rotatable bonds is 6. The van der Waals surface area contributed by atoms with Gasteiger partial charge in [-0.15, -0.1) is 0 Å². The number of nitrogens with zero attached hydrogens (tertiary/aromatic N) is 1. The highest BCUT2D eigenvalue weighted by Crippen LogP contribution is 2.30. The molecule has 1 aliphatic heterocycles. The second kappa shape index (κ2) is 7.68. The highest BCUT2D eigenvalue weighted by Gasteiger charge is 2.36. The Morgan fingerprint density at radius 2 is 2.08 bits per heavy atom. The van der Waals surface area contributed by atoms with Gasteiger partial charge in [0.25, 0.3) is 5.91 Å². The molecule has 0 saturated heterocycles. The van der Waals surface area contributed by atoms with Gasteiger partial charge in [0.15, 0.2) is 0 Å². The first kappa shape index (κ1) is 17.5. The number of amides is 1. The molecule has 2 aliphatic rings. The number of benzene rings is 1. The van der Waals surface area contributed by atoms with E-state index in [1.807, 2.05) is 0 Å². The second-order valence-corrected chi connectivity index (χ2v) is 6.73. The van der Waals surface area contributed by atoms with Gasteiger partial charge in [-0.1, -0.05) is 38.2 Å². The zero-order valence-electron chi connectivity index (χ0n) is 14.0. The van der Waals surface area contributed by atoms with Crippen molar-refractivity contribution in [1.82, 2.24) is 4.90 Å². The van der Waals surface area contributed by atoms with E-state index in [0.717, 1.165) is 25.7 Å². The van der Waals surface area contributed by atoms with Crippen molar-refractivity contribution in [3.8, 4) is 5.75 Å². The molecule has 1 saturated carbocycles. The number of carboxylic acid groups (broad SMARTS) is 1. The van der Waals surface area contributed by atoms with Crippen LogP contribution in [0.15, 0.2) is 36.1 Å². The summed E-state index contributed by atoms with van der Waals surface area (Å²) in [5.41, 5.74) is 0. The molecule has 0 spiro atoms. The molecule has 1 aromatic carbocycles. The van der Waals surface area contributed by atoms with Crippen LogP contribution in [0.2, 0.25) is 0 Å². The molecular weight excluding hydrogens is 325 g/mol. The smallest absolute Gasteiger partial charge is 0.326 e. The fourth-order valence-electron chi connectivity index (χ4n) is 3.62. The van der Waals surface area contributed by atoms with Crippen molar-refractivity contribution in [2.75, 3.05) is 6.54 Å². The van der Waals surface area contributed by atoms with E-state index in [0.29, 0.717) is 23.8 Å². The molecule has 6 heteroatoms. The lowest BCUT2D eigenvalue weighted by Crippen LogP contribution is -2.44. The van der Waals surface area contributed by atoms with Crippen LogP contribution in [0, 0.1) is 11.7 Å². The molecule has 25 heavy (non-hydrogen) atoms. The van der Waals surface area contributed by atoms with Gasteiger partial charge < -0.3 is 14.7 Å². The van der Waals surface area contributed by atoms with Crippen LogP contribution in [0.1, 0.15) is 38.5 Å². The van der Waals surface area contributed by atoms with E-state index in [1.165, 1.54) is 35.6 Å². The SMILES string of the molecule is O=C(O)C(CC1CCCCC1)N1CC(Oc2cccc(F)c2)=CC1=O. The normalized spacial score (nSPS) is 19.6. The van der Waals surface area contributed by atoms with Crippen LogP contribution in [0.25, 0.3) is 0 Å². The molecule has 1 N–H and O–H groups in total. The van der Waals surface area contributed by atoms with E-state index in [-0.39, 0.29) is 12.5 Å². The quantitative estimate of drug-likeness (QED) is 0.857. The van der Waals surface area contributed by atoms with E-state index in [1.54, 1.807) is 6.07 Å². The zero-order chi connectivity index (χ0) is 17.8. The molecule has 1 heterocycles. The summed E-state index contributed by atoms with van der Waals surface area (Å²) < 4.78 is 18.8. The Labute approximate surface area is 146 Å². The molecule has 1 aliphatic carbocycles. The number of carboxylic acids is 1. The van der Waals surface area contributed by atoms with Crippen LogP contribution >= 0.6 is 0 Å². The lowest BCUT2D eigenvalue weighted by Gasteiger charge is -2.30. The molecule has 0 aromatic heterocycles. The molecule has 1 aromatic rings. The maximum atomic E-state index is 13.2. The Morgan fingerprint density at radius 3 is 2.76 bits per heavy atom. The van der Waals surface area contributed by atoms with E-state index >= 15 is 0 Å². The summed E-state index contributed by atoms with van der Waals surface area (Å²) in [7, 11) is 0. The third-order valence-electron chi connectivity index (χ3n) is 4.88. The van der Waals surface area contributed by atoms with Crippen LogP contribution in [-0.2, 0) is 9.59 Å². The number of halogens is 1. The Hall–Kier alpha value is -2.37. The molecule has 1 amide bonds. The van der Waals surface area contributed by atoms with Gasteiger partial charge in [0.2, 0.25) is 0 Å². The van der Waals surface area contributed by atoms with Crippen molar-refractivity contribution >= 4 is 11.9 Å². The topological polar surface area (TPSA) is 66.8 Å². The number of aliphatic carboxylic acids is 1. The summed E-state index contributed by atoms with van der Waals surface area (Å²) in [5, 5.41) is 9.59. The highest BCUT2D eigenvalue weighted by molar-refractivity contribution is 5.94. The average Bonchev–Trinajstić information content (AvgIpc) is 2.93. The summed E-state index contributed by atoms with van der Waals surface area (Å²) in [6.45, 7) is 0.0963. The number of hydrogen-bond donors (Lipinski definition) is 1. The third kappa shape index (κ3) is 4.38. The Bertz CT molecular complexity index is 682. The Morgan fingerprint density at radius 1 is 1.32 bits per heavy atom. The van der Waals surface area contributed by atoms with Gasteiger partial charge in [-0.2, -0.15) is 0 Å². The molecule has 1 fully saturated rings.